The van der Waals surface area contributed by atoms with Crippen molar-refractivity contribution in [1.82, 2.24) is 15.1 Å². The van der Waals surface area contributed by atoms with E-state index in [0.29, 0.717) is 11.3 Å². The smallest absolute Gasteiger partial charge is 0.260 e. The van der Waals surface area contributed by atoms with E-state index in [1.807, 2.05) is 0 Å². The first kappa shape index (κ1) is 13.2. The lowest BCUT2D eigenvalue weighted by molar-refractivity contribution is 0.423. The SMILES string of the molecule is Nc1cnccc1-c1nc(Cc2ccc(F)cc2F)no1. The molecule has 0 radical (unpaired) electrons. The Hall–Kier alpha value is -2.83. The summed E-state index contributed by atoms with van der Waals surface area (Å²) in [4.78, 5) is 8.02. The van der Waals surface area contributed by atoms with Gasteiger partial charge in [-0.1, -0.05) is 11.2 Å². The minimum absolute atomic E-state index is 0.0978. The van der Waals surface area contributed by atoms with Crippen LogP contribution in [0.15, 0.2) is 41.2 Å². The van der Waals surface area contributed by atoms with Gasteiger partial charge in [0.25, 0.3) is 5.89 Å². The Bertz CT molecular complexity index is 788. The van der Waals surface area contributed by atoms with Crippen LogP contribution < -0.4 is 5.73 Å². The summed E-state index contributed by atoms with van der Waals surface area (Å²) in [5, 5.41) is 3.77. The highest BCUT2D eigenvalue weighted by Gasteiger charge is 2.13. The van der Waals surface area contributed by atoms with Gasteiger partial charge >= 0.3 is 0 Å². The first-order valence-corrected chi connectivity index (χ1v) is 6.10. The lowest BCUT2D eigenvalue weighted by Crippen LogP contribution is -1.96. The zero-order valence-electron chi connectivity index (χ0n) is 10.8. The molecule has 0 bridgehead atoms. The highest BCUT2D eigenvalue weighted by molar-refractivity contribution is 5.68. The van der Waals surface area contributed by atoms with E-state index in [0.717, 1.165) is 6.07 Å². The van der Waals surface area contributed by atoms with E-state index >= 15 is 0 Å². The molecule has 0 unspecified atom stereocenters. The van der Waals surface area contributed by atoms with Gasteiger partial charge in [-0.05, 0) is 17.7 Å². The number of pyridine rings is 1. The van der Waals surface area contributed by atoms with Crippen molar-refractivity contribution < 1.29 is 13.3 Å². The molecule has 2 heterocycles. The van der Waals surface area contributed by atoms with Gasteiger partial charge in [0.15, 0.2) is 5.82 Å². The average molecular weight is 288 g/mol. The van der Waals surface area contributed by atoms with Crippen LogP contribution in [0.25, 0.3) is 11.5 Å². The fraction of sp³-hybridized carbons (Fsp3) is 0.0714. The monoisotopic (exact) mass is 288 g/mol. The van der Waals surface area contributed by atoms with E-state index in [-0.39, 0.29) is 23.7 Å². The van der Waals surface area contributed by atoms with Crippen molar-refractivity contribution in [2.75, 3.05) is 5.73 Å². The van der Waals surface area contributed by atoms with Gasteiger partial charge in [-0.3, -0.25) is 4.98 Å². The largest absolute Gasteiger partial charge is 0.397 e. The molecule has 2 aromatic heterocycles. The van der Waals surface area contributed by atoms with Crippen LogP contribution in [-0.4, -0.2) is 15.1 Å². The number of hydrogen-bond donors (Lipinski definition) is 1. The highest BCUT2D eigenvalue weighted by Crippen LogP contribution is 2.23. The molecular formula is C14H10F2N4O. The molecule has 0 aliphatic heterocycles. The second-order valence-corrected chi connectivity index (χ2v) is 4.39. The Morgan fingerprint density at radius 3 is 2.81 bits per heavy atom. The predicted molar refractivity (Wildman–Crippen MR) is 71.1 cm³/mol. The van der Waals surface area contributed by atoms with Crippen LogP contribution in [0.4, 0.5) is 14.5 Å². The first-order chi connectivity index (χ1) is 10.1. The van der Waals surface area contributed by atoms with Gasteiger partial charge in [0, 0.05) is 18.7 Å². The van der Waals surface area contributed by atoms with Crippen LogP contribution in [0, 0.1) is 11.6 Å². The number of nitrogen functional groups attached to an aromatic ring is 1. The molecule has 0 saturated heterocycles. The van der Waals surface area contributed by atoms with Crippen LogP contribution in [-0.2, 0) is 6.42 Å². The summed E-state index contributed by atoms with van der Waals surface area (Å²) in [6, 6.07) is 4.99. The van der Waals surface area contributed by atoms with E-state index in [9.17, 15) is 8.78 Å². The Morgan fingerprint density at radius 1 is 1.19 bits per heavy atom. The fourth-order valence-electron chi connectivity index (χ4n) is 1.87. The number of anilines is 1. The molecule has 3 rings (SSSR count). The molecule has 106 valence electrons. The second-order valence-electron chi connectivity index (χ2n) is 4.39. The summed E-state index contributed by atoms with van der Waals surface area (Å²) in [5.74, 6) is -0.765. The Kier molecular flexibility index (Phi) is 3.31. The Labute approximate surface area is 118 Å². The van der Waals surface area contributed by atoms with Crippen molar-refractivity contribution >= 4 is 5.69 Å². The van der Waals surface area contributed by atoms with Crippen molar-refractivity contribution in [3.05, 3.63) is 59.7 Å². The molecule has 21 heavy (non-hydrogen) atoms. The number of aromatic nitrogens is 3. The zero-order chi connectivity index (χ0) is 14.8. The van der Waals surface area contributed by atoms with Crippen LogP contribution in [0.2, 0.25) is 0 Å². The van der Waals surface area contributed by atoms with Crippen molar-refractivity contribution in [3.8, 4) is 11.5 Å². The summed E-state index contributed by atoms with van der Waals surface area (Å²) in [6.07, 6.45) is 3.12. The number of nitrogens with two attached hydrogens (primary N) is 1. The molecule has 2 N–H and O–H groups in total. The summed E-state index contributed by atoms with van der Waals surface area (Å²) in [6.45, 7) is 0. The Balaban J connectivity index is 1.87. The number of hydrogen-bond acceptors (Lipinski definition) is 5. The third-order valence-electron chi connectivity index (χ3n) is 2.91. The lowest BCUT2D eigenvalue weighted by atomic mass is 10.1. The maximum atomic E-state index is 13.6. The van der Waals surface area contributed by atoms with Crippen LogP contribution >= 0.6 is 0 Å². The number of rotatable bonds is 3. The normalized spacial score (nSPS) is 10.8. The average Bonchev–Trinajstić information content (AvgIpc) is 2.91. The number of nitrogens with zero attached hydrogens (tertiary/aromatic N) is 3. The summed E-state index contributed by atoms with van der Waals surface area (Å²) < 4.78 is 31.5. The Morgan fingerprint density at radius 2 is 2.05 bits per heavy atom. The summed E-state index contributed by atoms with van der Waals surface area (Å²) in [7, 11) is 0. The summed E-state index contributed by atoms with van der Waals surface area (Å²) in [5.41, 5.74) is 7.01. The molecule has 7 heteroatoms. The maximum absolute atomic E-state index is 13.6. The minimum Gasteiger partial charge on any atom is -0.397 e. The molecule has 0 atom stereocenters. The zero-order valence-corrected chi connectivity index (χ0v) is 10.8. The maximum Gasteiger partial charge on any atom is 0.260 e. The lowest BCUT2D eigenvalue weighted by Gasteiger charge is -1.99. The third-order valence-corrected chi connectivity index (χ3v) is 2.91. The van der Waals surface area contributed by atoms with Crippen molar-refractivity contribution in [3.63, 3.8) is 0 Å². The first-order valence-electron chi connectivity index (χ1n) is 6.10. The van der Waals surface area contributed by atoms with Gasteiger partial charge in [-0.15, -0.1) is 0 Å². The molecule has 0 amide bonds. The molecule has 5 nitrogen and oxygen atoms in total. The molecule has 0 spiro atoms. The molecular weight excluding hydrogens is 278 g/mol. The molecule has 0 aliphatic rings. The van der Waals surface area contributed by atoms with Gasteiger partial charge < -0.3 is 10.3 Å². The summed E-state index contributed by atoms with van der Waals surface area (Å²) >= 11 is 0. The van der Waals surface area contributed by atoms with Crippen LogP contribution in [0.5, 0.6) is 0 Å². The molecule has 3 aromatic rings. The quantitative estimate of drug-likeness (QED) is 0.801. The number of halogens is 2. The minimum atomic E-state index is -0.648. The van der Waals surface area contributed by atoms with E-state index in [2.05, 4.69) is 15.1 Å². The van der Waals surface area contributed by atoms with E-state index in [1.54, 1.807) is 12.3 Å². The van der Waals surface area contributed by atoms with E-state index in [4.69, 9.17) is 10.3 Å². The van der Waals surface area contributed by atoms with Crippen LogP contribution in [0.1, 0.15) is 11.4 Å². The number of benzene rings is 1. The fourth-order valence-corrected chi connectivity index (χ4v) is 1.87. The standard InChI is InChI=1S/C14H10F2N4O/c15-9-2-1-8(11(16)6-9)5-13-19-14(21-20-13)10-3-4-18-7-12(10)17/h1-4,6-7H,5,17H2. The topological polar surface area (TPSA) is 77.8 Å². The van der Waals surface area contributed by atoms with Crippen molar-refractivity contribution in [2.24, 2.45) is 0 Å². The van der Waals surface area contributed by atoms with E-state index < -0.39 is 11.6 Å². The van der Waals surface area contributed by atoms with E-state index in [1.165, 1.54) is 18.3 Å². The van der Waals surface area contributed by atoms with Crippen LogP contribution in [0.3, 0.4) is 0 Å². The third kappa shape index (κ3) is 2.71. The molecule has 0 saturated carbocycles. The molecule has 1 aromatic carbocycles. The molecule has 0 fully saturated rings. The van der Waals surface area contributed by atoms with Gasteiger partial charge in [-0.25, -0.2) is 8.78 Å². The molecule has 0 aliphatic carbocycles. The van der Waals surface area contributed by atoms with Crippen molar-refractivity contribution in [2.45, 2.75) is 6.42 Å². The second kappa shape index (κ2) is 5.28. The van der Waals surface area contributed by atoms with Gasteiger partial charge in [0.1, 0.15) is 11.6 Å². The highest BCUT2D eigenvalue weighted by atomic mass is 19.1. The van der Waals surface area contributed by atoms with Gasteiger partial charge in [0.05, 0.1) is 17.4 Å². The van der Waals surface area contributed by atoms with Crippen molar-refractivity contribution in [1.29, 1.82) is 0 Å². The van der Waals surface area contributed by atoms with Gasteiger partial charge in [0.2, 0.25) is 0 Å². The predicted octanol–water partition coefficient (Wildman–Crippen LogP) is 2.58. The van der Waals surface area contributed by atoms with Gasteiger partial charge in [-0.2, -0.15) is 4.98 Å².